The second-order valence-electron chi connectivity index (χ2n) is 9.10. The Kier molecular flexibility index (Phi) is 3.96. The van der Waals surface area contributed by atoms with Crippen molar-refractivity contribution in [2.24, 2.45) is 23.2 Å². The van der Waals surface area contributed by atoms with Gasteiger partial charge in [-0.3, -0.25) is 14.2 Å². The van der Waals surface area contributed by atoms with Crippen molar-refractivity contribution in [2.45, 2.75) is 44.9 Å². The van der Waals surface area contributed by atoms with Gasteiger partial charge in [-0.05, 0) is 79.9 Å². The Bertz CT molecular complexity index is 880. The van der Waals surface area contributed by atoms with Gasteiger partial charge in [0.1, 0.15) is 0 Å². The van der Waals surface area contributed by atoms with Gasteiger partial charge in [0, 0.05) is 24.4 Å². The zero-order chi connectivity index (χ0) is 18.4. The monoisotopic (exact) mass is 362 g/mol. The molecule has 27 heavy (non-hydrogen) atoms. The van der Waals surface area contributed by atoms with Gasteiger partial charge in [0.05, 0.1) is 5.69 Å². The zero-order valence-electron chi connectivity index (χ0n) is 15.6. The van der Waals surface area contributed by atoms with Gasteiger partial charge >= 0.3 is 0 Å². The molecule has 4 aliphatic carbocycles. The van der Waals surface area contributed by atoms with E-state index in [1.807, 2.05) is 30.3 Å². The molecule has 0 unspecified atom stereocenters. The van der Waals surface area contributed by atoms with E-state index in [-0.39, 0.29) is 16.9 Å². The van der Waals surface area contributed by atoms with Gasteiger partial charge in [0.15, 0.2) is 0 Å². The van der Waals surface area contributed by atoms with E-state index < -0.39 is 0 Å². The maximum atomic E-state index is 12.8. The highest BCUT2D eigenvalue weighted by Gasteiger charge is 2.51. The van der Waals surface area contributed by atoms with E-state index in [1.54, 1.807) is 16.8 Å². The number of benzene rings is 1. The van der Waals surface area contributed by atoms with E-state index in [0.717, 1.165) is 23.4 Å². The van der Waals surface area contributed by atoms with E-state index in [9.17, 15) is 9.59 Å². The Morgan fingerprint density at radius 3 is 2.22 bits per heavy atom. The minimum atomic E-state index is -0.0970. The number of nitrogens with one attached hydrogen (secondary N) is 1. The van der Waals surface area contributed by atoms with E-state index in [2.05, 4.69) is 5.32 Å². The Morgan fingerprint density at radius 2 is 1.59 bits per heavy atom. The summed E-state index contributed by atoms with van der Waals surface area (Å²) in [5, 5.41) is 3.06. The number of pyridine rings is 1. The molecule has 0 aliphatic heterocycles. The number of hydrogen-bond donors (Lipinski definition) is 1. The van der Waals surface area contributed by atoms with Crippen LogP contribution in [0.25, 0.3) is 5.69 Å². The lowest BCUT2D eigenvalue weighted by molar-refractivity contribution is -0.124. The summed E-state index contributed by atoms with van der Waals surface area (Å²) in [5.41, 5.74) is 1.63. The highest BCUT2D eigenvalue weighted by Crippen LogP contribution is 2.61. The van der Waals surface area contributed by atoms with Crippen molar-refractivity contribution in [1.29, 1.82) is 0 Å². The van der Waals surface area contributed by atoms with Crippen molar-refractivity contribution in [3.05, 3.63) is 59.0 Å². The summed E-state index contributed by atoms with van der Waals surface area (Å²) < 4.78 is 1.58. The molecule has 4 saturated carbocycles. The van der Waals surface area contributed by atoms with Gasteiger partial charge in [0.2, 0.25) is 5.91 Å². The Morgan fingerprint density at radius 1 is 0.963 bits per heavy atom. The maximum Gasteiger partial charge on any atom is 0.255 e. The van der Waals surface area contributed by atoms with Crippen LogP contribution in [0.2, 0.25) is 0 Å². The van der Waals surface area contributed by atoms with Crippen molar-refractivity contribution in [3.63, 3.8) is 0 Å². The molecule has 4 heteroatoms. The fourth-order valence-corrected chi connectivity index (χ4v) is 6.40. The average Bonchev–Trinajstić information content (AvgIpc) is 2.62. The van der Waals surface area contributed by atoms with Crippen LogP contribution in [0.15, 0.2) is 53.5 Å². The molecule has 1 aromatic heterocycles. The molecule has 0 spiro atoms. The normalized spacial score (nSPS) is 31.0. The van der Waals surface area contributed by atoms with Crippen molar-refractivity contribution < 1.29 is 4.79 Å². The molecule has 1 heterocycles. The van der Waals surface area contributed by atoms with Gasteiger partial charge < -0.3 is 5.32 Å². The fraction of sp³-hybridized carbons (Fsp3) is 0.478. The molecule has 0 saturated heterocycles. The van der Waals surface area contributed by atoms with Crippen molar-refractivity contribution in [3.8, 4) is 5.69 Å². The molecule has 4 bridgehead atoms. The predicted molar refractivity (Wildman–Crippen MR) is 106 cm³/mol. The first-order valence-corrected chi connectivity index (χ1v) is 10.2. The Hall–Kier alpha value is -2.36. The van der Waals surface area contributed by atoms with Gasteiger partial charge in [-0.1, -0.05) is 18.2 Å². The molecule has 0 radical (unpaired) electrons. The number of anilines is 1. The topological polar surface area (TPSA) is 51.1 Å². The summed E-state index contributed by atoms with van der Waals surface area (Å²) in [7, 11) is 0. The van der Waals surface area contributed by atoms with Crippen LogP contribution in [0.4, 0.5) is 5.69 Å². The lowest BCUT2D eigenvalue weighted by Gasteiger charge is -2.56. The number of hydrogen-bond acceptors (Lipinski definition) is 2. The van der Waals surface area contributed by atoms with Gasteiger partial charge in [-0.2, -0.15) is 0 Å². The molecule has 1 aromatic carbocycles. The van der Waals surface area contributed by atoms with Gasteiger partial charge in [-0.25, -0.2) is 0 Å². The zero-order valence-corrected chi connectivity index (χ0v) is 15.6. The van der Waals surface area contributed by atoms with E-state index >= 15 is 0 Å². The smallest absolute Gasteiger partial charge is 0.255 e. The summed E-state index contributed by atoms with van der Waals surface area (Å²) in [6.45, 7) is 0. The maximum absolute atomic E-state index is 12.8. The molecule has 0 atom stereocenters. The number of para-hydroxylation sites is 1. The van der Waals surface area contributed by atoms with Crippen LogP contribution in [0, 0.1) is 23.2 Å². The van der Waals surface area contributed by atoms with Crippen LogP contribution in [-0.2, 0) is 4.79 Å². The number of amides is 1. The molecule has 1 amide bonds. The highest BCUT2D eigenvalue weighted by molar-refractivity contribution is 5.91. The van der Waals surface area contributed by atoms with Crippen LogP contribution >= 0.6 is 0 Å². The minimum Gasteiger partial charge on any atom is -0.325 e. The number of rotatable bonds is 4. The third-order valence-electron chi connectivity index (χ3n) is 6.93. The average molecular weight is 362 g/mol. The minimum absolute atomic E-state index is 0.0928. The molecular weight excluding hydrogens is 336 g/mol. The number of carbonyl (C=O) groups is 1. The molecule has 4 aliphatic rings. The lowest BCUT2D eigenvalue weighted by atomic mass is 9.49. The summed E-state index contributed by atoms with van der Waals surface area (Å²) in [4.78, 5) is 25.0. The third-order valence-corrected chi connectivity index (χ3v) is 6.93. The van der Waals surface area contributed by atoms with Crippen LogP contribution in [0.5, 0.6) is 0 Å². The first-order chi connectivity index (χ1) is 13.1. The molecule has 1 N–H and O–H groups in total. The molecule has 2 aromatic rings. The second-order valence-corrected chi connectivity index (χ2v) is 9.10. The standard InChI is InChI=1S/C23H26N2O2/c26-21(14-23-11-16-8-17(12-23)10-18(9-16)13-23)24-19-6-7-22(27)25(15-19)20-4-2-1-3-5-20/h1-7,15-18H,8-14H2,(H,24,26). The van der Waals surface area contributed by atoms with Crippen LogP contribution in [0.1, 0.15) is 44.9 Å². The number of carbonyl (C=O) groups excluding carboxylic acids is 1. The first-order valence-electron chi connectivity index (χ1n) is 10.2. The second kappa shape index (κ2) is 6.36. The fourth-order valence-electron chi connectivity index (χ4n) is 6.40. The van der Waals surface area contributed by atoms with Crippen molar-refractivity contribution >= 4 is 11.6 Å². The van der Waals surface area contributed by atoms with Crippen molar-refractivity contribution in [1.82, 2.24) is 4.57 Å². The van der Waals surface area contributed by atoms with Crippen LogP contribution in [-0.4, -0.2) is 10.5 Å². The Balaban J connectivity index is 1.32. The SMILES string of the molecule is O=C(CC12CC3CC(CC(C3)C1)C2)Nc1ccc(=O)n(-c2ccccc2)c1. The number of nitrogens with zero attached hydrogens (tertiary/aromatic N) is 1. The summed E-state index contributed by atoms with van der Waals surface area (Å²) in [6.07, 6.45) is 10.2. The predicted octanol–water partition coefficient (Wildman–Crippen LogP) is 4.38. The molecule has 6 rings (SSSR count). The summed E-state index contributed by atoms with van der Waals surface area (Å²) in [5.74, 6) is 2.65. The largest absolute Gasteiger partial charge is 0.325 e. The van der Waals surface area contributed by atoms with Crippen molar-refractivity contribution in [2.75, 3.05) is 5.32 Å². The molecule has 4 nitrogen and oxygen atoms in total. The summed E-state index contributed by atoms with van der Waals surface area (Å²) >= 11 is 0. The van der Waals surface area contributed by atoms with E-state index in [1.165, 1.54) is 44.6 Å². The third kappa shape index (κ3) is 3.22. The Labute approximate surface area is 159 Å². The summed E-state index contributed by atoms with van der Waals surface area (Å²) in [6, 6.07) is 12.7. The first kappa shape index (κ1) is 16.8. The van der Waals surface area contributed by atoms with Gasteiger partial charge in [0.25, 0.3) is 5.56 Å². The van der Waals surface area contributed by atoms with Crippen LogP contribution in [0.3, 0.4) is 0 Å². The van der Waals surface area contributed by atoms with E-state index in [4.69, 9.17) is 0 Å². The van der Waals surface area contributed by atoms with Gasteiger partial charge in [-0.15, -0.1) is 0 Å². The highest BCUT2D eigenvalue weighted by atomic mass is 16.1. The number of aromatic nitrogens is 1. The lowest BCUT2D eigenvalue weighted by Crippen LogP contribution is -2.47. The van der Waals surface area contributed by atoms with Crippen LogP contribution < -0.4 is 10.9 Å². The quantitative estimate of drug-likeness (QED) is 0.877. The van der Waals surface area contributed by atoms with E-state index in [0.29, 0.717) is 12.1 Å². The molecule has 4 fully saturated rings. The molecule has 140 valence electrons. The molecular formula is C23H26N2O2.